The van der Waals surface area contributed by atoms with Crippen molar-refractivity contribution >= 4 is 0 Å². The maximum atomic E-state index is 13.1. The van der Waals surface area contributed by atoms with Crippen LogP contribution in [0.25, 0.3) is 5.69 Å². The van der Waals surface area contributed by atoms with Gasteiger partial charge >= 0.3 is 0 Å². The van der Waals surface area contributed by atoms with Crippen molar-refractivity contribution in [1.82, 2.24) is 9.78 Å². The van der Waals surface area contributed by atoms with Crippen LogP contribution in [-0.4, -0.2) is 14.9 Å². The summed E-state index contributed by atoms with van der Waals surface area (Å²) >= 11 is 0. The summed E-state index contributed by atoms with van der Waals surface area (Å²) in [5.41, 5.74) is 1.25. The lowest BCUT2D eigenvalue weighted by molar-refractivity contribution is 0.0779. The van der Waals surface area contributed by atoms with Crippen molar-refractivity contribution in [3.05, 3.63) is 47.5 Å². The minimum Gasteiger partial charge on any atom is -0.386 e. The predicted octanol–water partition coefficient (Wildman–Crippen LogP) is 2.55. The fraction of sp³-hybridized carbons (Fsp3) is 0.308. The molecule has 1 aromatic carbocycles. The van der Waals surface area contributed by atoms with Crippen molar-refractivity contribution in [2.75, 3.05) is 0 Å². The van der Waals surface area contributed by atoms with Gasteiger partial charge in [0.05, 0.1) is 17.5 Å². The average Bonchev–Trinajstić information content (AvgIpc) is 2.59. The highest BCUT2D eigenvalue weighted by Gasteiger charge is 2.22. The summed E-state index contributed by atoms with van der Waals surface area (Å²) in [6, 6.07) is 6.21. The SMILES string of the molecule is Cc1c(C(C)(C)O)cnn1-c1cccc(F)c1. The lowest BCUT2D eigenvalue weighted by Crippen LogP contribution is -2.16. The summed E-state index contributed by atoms with van der Waals surface area (Å²) in [5, 5.41) is 14.1. The lowest BCUT2D eigenvalue weighted by Gasteiger charge is -2.16. The van der Waals surface area contributed by atoms with Crippen LogP contribution in [0, 0.1) is 12.7 Å². The van der Waals surface area contributed by atoms with Crippen LogP contribution in [-0.2, 0) is 5.60 Å². The molecule has 17 heavy (non-hydrogen) atoms. The number of aliphatic hydroxyl groups is 1. The topological polar surface area (TPSA) is 38.1 Å². The zero-order valence-electron chi connectivity index (χ0n) is 10.1. The van der Waals surface area contributed by atoms with Gasteiger partial charge in [0.1, 0.15) is 5.82 Å². The van der Waals surface area contributed by atoms with Gasteiger partial charge in [0.2, 0.25) is 0 Å². The molecule has 0 aliphatic heterocycles. The Balaban J connectivity index is 2.52. The summed E-state index contributed by atoms with van der Waals surface area (Å²) in [5.74, 6) is -0.304. The highest BCUT2D eigenvalue weighted by Crippen LogP contribution is 2.24. The Morgan fingerprint density at radius 2 is 2.06 bits per heavy atom. The van der Waals surface area contributed by atoms with Crippen molar-refractivity contribution in [3.8, 4) is 5.69 Å². The van der Waals surface area contributed by atoms with Crippen molar-refractivity contribution in [2.24, 2.45) is 0 Å². The van der Waals surface area contributed by atoms with Gasteiger partial charge in [0.25, 0.3) is 0 Å². The molecule has 0 aliphatic carbocycles. The number of benzene rings is 1. The van der Waals surface area contributed by atoms with Gasteiger partial charge in [-0.2, -0.15) is 5.10 Å². The van der Waals surface area contributed by atoms with Gasteiger partial charge in [0.15, 0.2) is 0 Å². The molecule has 1 heterocycles. The van der Waals surface area contributed by atoms with Crippen LogP contribution < -0.4 is 0 Å². The minimum atomic E-state index is -0.949. The summed E-state index contributed by atoms with van der Waals surface area (Å²) in [6.07, 6.45) is 1.61. The summed E-state index contributed by atoms with van der Waals surface area (Å²) < 4.78 is 14.8. The van der Waals surface area contributed by atoms with Crippen LogP contribution in [0.15, 0.2) is 30.5 Å². The molecule has 0 spiro atoms. The quantitative estimate of drug-likeness (QED) is 0.867. The number of rotatable bonds is 2. The second-order valence-corrected chi connectivity index (χ2v) is 4.59. The number of hydrogen-bond acceptors (Lipinski definition) is 2. The van der Waals surface area contributed by atoms with E-state index in [-0.39, 0.29) is 5.82 Å². The fourth-order valence-corrected chi connectivity index (χ4v) is 1.88. The maximum absolute atomic E-state index is 13.1. The molecule has 0 bridgehead atoms. The summed E-state index contributed by atoms with van der Waals surface area (Å²) in [7, 11) is 0. The van der Waals surface area contributed by atoms with Gasteiger partial charge < -0.3 is 5.11 Å². The predicted molar refractivity (Wildman–Crippen MR) is 63.5 cm³/mol. The number of hydrogen-bond donors (Lipinski definition) is 1. The second kappa shape index (κ2) is 3.96. The smallest absolute Gasteiger partial charge is 0.125 e. The van der Waals surface area contributed by atoms with E-state index in [4.69, 9.17) is 0 Å². The van der Waals surface area contributed by atoms with Crippen LogP contribution >= 0.6 is 0 Å². The first kappa shape index (κ1) is 11.8. The van der Waals surface area contributed by atoms with Crippen LogP contribution in [0.2, 0.25) is 0 Å². The molecule has 0 saturated carbocycles. The molecular formula is C13H15FN2O. The molecular weight excluding hydrogens is 219 g/mol. The molecule has 1 N–H and O–H groups in total. The van der Waals surface area contributed by atoms with Gasteiger partial charge in [0, 0.05) is 11.3 Å². The van der Waals surface area contributed by atoms with Gasteiger partial charge in [-0.25, -0.2) is 9.07 Å². The molecule has 4 heteroatoms. The van der Waals surface area contributed by atoms with E-state index in [2.05, 4.69) is 5.10 Å². The summed E-state index contributed by atoms with van der Waals surface area (Å²) in [4.78, 5) is 0. The standard InChI is InChI=1S/C13H15FN2O/c1-9-12(13(2,3)17)8-15-16(9)11-6-4-5-10(14)7-11/h4-8,17H,1-3H3. The molecule has 2 rings (SSSR count). The highest BCUT2D eigenvalue weighted by atomic mass is 19.1. The molecule has 0 saturated heterocycles. The molecule has 0 aliphatic rings. The van der Waals surface area contributed by atoms with Gasteiger partial charge in [-0.15, -0.1) is 0 Å². The fourth-order valence-electron chi connectivity index (χ4n) is 1.88. The van der Waals surface area contributed by atoms with E-state index in [9.17, 15) is 9.50 Å². The van der Waals surface area contributed by atoms with E-state index in [0.717, 1.165) is 11.3 Å². The van der Waals surface area contributed by atoms with Crippen LogP contribution in [0.5, 0.6) is 0 Å². The third-order valence-electron chi connectivity index (χ3n) is 2.72. The zero-order chi connectivity index (χ0) is 12.6. The van der Waals surface area contributed by atoms with Gasteiger partial charge in [-0.3, -0.25) is 0 Å². The maximum Gasteiger partial charge on any atom is 0.125 e. The first-order chi connectivity index (χ1) is 7.89. The van der Waals surface area contributed by atoms with Crippen molar-refractivity contribution in [1.29, 1.82) is 0 Å². The number of nitrogens with zero attached hydrogens (tertiary/aromatic N) is 2. The Kier molecular flexibility index (Phi) is 2.75. The monoisotopic (exact) mass is 234 g/mol. The van der Waals surface area contributed by atoms with E-state index in [1.165, 1.54) is 12.1 Å². The lowest BCUT2D eigenvalue weighted by atomic mass is 10.00. The normalized spacial score (nSPS) is 11.8. The van der Waals surface area contributed by atoms with E-state index in [1.54, 1.807) is 36.9 Å². The van der Waals surface area contributed by atoms with Gasteiger partial charge in [-0.1, -0.05) is 6.07 Å². The Bertz CT molecular complexity index is 541. The number of aromatic nitrogens is 2. The first-order valence-electron chi connectivity index (χ1n) is 5.43. The summed E-state index contributed by atoms with van der Waals surface area (Å²) in [6.45, 7) is 5.26. The molecule has 1 aromatic heterocycles. The van der Waals surface area contributed by atoms with Crippen molar-refractivity contribution < 1.29 is 9.50 Å². The van der Waals surface area contributed by atoms with Crippen LogP contribution in [0.4, 0.5) is 4.39 Å². The largest absolute Gasteiger partial charge is 0.386 e. The molecule has 0 amide bonds. The van der Waals surface area contributed by atoms with E-state index < -0.39 is 5.60 Å². The van der Waals surface area contributed by atoms with Crippen LogP contribution in [0.3, 0.4) is 0 Å². The zero-order valence-corrected chi connectivity index (χ0v) is 10.1. The van der Waals surface area contributed by atoms with Crippen LogP contribution in [0.1, 0.15) is 25.1 Å². The molecule has 0 unspecified atom stereocenters. The molecule has 3 nitrogen and oxygen atoms in total. The second-order valence-electron chi connectivity index (χ2n) is 4.59. The Hall–Kier alpha value is -1.68. The van der Waals surface area contributed by atoms with E-state index >= 15 is 0 Å². The molecule has 0 fully saturated rings. The highest BCUT2D eigenvalue weighted by molar-refractivity contribution is 5.36. The van der Waals surface area contributed by atoms with E-state index in [1.807, 2.05) is 6.92 Å². The minimum absolute atomic E-state index is 0.304. The Labute approximate surface area is 99.5 Å². The third-order valence-corrected chi connectivity index (χ3v) is 2.72. The molecule has 2 aromatic rings. The first-order valence-corrected chi connectivity index (χ1v) is 5.43. The molecule has 0 atom stereocenters. The van der Waals surface area contributed by atoms with Crippen molar-refractivity contribution in [3.63, 3.8) is 0 Å². The molecule has 0 radical (unpaired) electrons. The van der Waals surface area contributed by atoms with E-state index in [0.29, 0.717) is 5.69 Å². The van der Waals surface area contributed by atoms with Crippen molar-refractivity contribution in [2.45, 2.75) is 26.4 Å². The van der Waals surface area contributed by atoms with Gasteiger partial charge in [-0.05, 0) is 39.0 Å². The Morgan fingerprint density at radius 1 is 1.35 bits per heavy atom. The average molecular weight is 234 g/mol. The Morgan fingerprint density at radius 3 is 2.59 bits per heavy atom. The third kappa shape index (κ3) is 2.22. The molecule has 90 valence electrons. The number of halogens is 1.